The number of benzene rings is 1. The molecule has 9 heteroatoms. The van der Waals surface area contributed by atoms with Crippen LogP contribution in [0.15, 0.2) is 24.3 Å². The monoisotopic (exact) mass is 389 g/mol. The van der Waals surface area contributed by atoms with E-state index >= 15 is 0 Å². The number of nitrogens with zero attached hydrogens (tertiary/aromatic N) is 3. The van der Waals surface area contributed by atoms with Gasteiger partial charge < -0.3 is 25.3 Å². The number of likely N-dealkylation sites (N-methyl/N-ethyl adjacent to an activating group) is 2. The predicted octanol–water partition coefficient (Wildman–Crippen LogP) is -0.506. The number of carbonyl (C=O) groups is 4. The summed E-state index contributed by atoms with van der Waals surface area (Å²) in [6, 6.07) is 7.18. The Labute approximate surface area is 164 Å². The first-order chi connectivity index (χ1) is 13.3. The number of amides is 4. The van der Waals surface area contributed by atoms with Crippen LogP contribution in [0.25, 0.3) is 0 Å². The summed E-state index contributed by atoms with van der Waals surface area (Å²) in [4.78, 5) is 52.4. The highest BCUT2D eigenvalue weighted by Crippen LogP contribution is 2.11. The Bertz CT molecular complexity index is 750. The third-order valence-electron chi connectivity index (χ3n) is 4.27. The summed E-state index contributed by atoms with van der Waals surface area (Å²) in [5.74, 6) is -1.68. The highest BCUT2D eigenvalue weighted by molar-refractivity contribution is 6.35. The zero-order valence-corrected chi connectivity index (χ0v) is 16.5. The van der Waals surface area contributed by atoms with Crippen molar-refractivity contribution in [2.75, 3.05) is 52.1 Å². The highest BCUT2D eigenvalue weighted by Gasteiger charge is 2.32. The van der Waals surface area contributed by atoms with Crippen LogP contribution in [0.2, 0.25) is 0 Å². The lowest BCUT2D eigenvalue weighted by Crippen LogP contribution is -2.56. The van der Waals surface area contributed by atoms with E-state index in [9.17, 15) is 19.2 Å². The Morgan fingerprint density at radius 1 is 1.07 bits per heavy atom. The number of piperazine rings is 1. The van der Waals surface area contributed by atoms with Gasteiger partial charge in [0, 0.05) is 31.9 Å². The highest BCUT2D eigenvalue weighted by atomic mass is 16.2. The molecular formula is C19H27N5O4. The van der Waals surface area contributed by atoms with Crippen molar-refractivity contribution in [1.82, 2.24) is 20.0 Å². The predicted molar refractivity (Wildman–Crippen MR) is 104 cm³/mol. The van der Waals surface area contributed by atoms with E-state index in [1.54, 1.807) is 23.1 Å². The van der Waals surface area contributed by atoms with Crippen molar-refractivity contribution >= 4 is 29.3 Å². The normalized spacial score (nSPS) is 14.4. The van der Waals surface area contributed by atoms with Gasteiger partial charge in [0.2, 0.25) is 11.8 Å². The fourth-order valence-corrected chi connectivity index (χ4v) is 2.84. The number of nitrogens with one attached hydrogen (secondary N) is 2. The number of hydrogen-bond acceptors (Lipinski definition) is 5. The molecule has 0 bridgehead atoms. The third-order valence-corrected chi connectivity index (χ3v) is 4.27. The molecule has 0 spiro atoms. The molecule has 1 aliphatic heterocycles. The first-order valence-electron chi connectivity index (χ1n) is 9.18. The summed E-state index contributed by atoms with van der Waals surface area (Å²) in [7, 11) is 3.62. The average molecular weight is 389 g/mol. The SMILES string of the molecule is CCN1CCN(CC(=O)NCc2cccc(NC(=O)CN(C)C)c2)C(=O)C1=O. The second kappa shape index (κ2) is 9.84. The molecule has 1 aromatic carbocycles. The van der Waals surface area contributed by atoms with Crippen LogP contribution >= 0.6 is 0 Å². The molecule has 2 rings (SSSR count). The molecule has 1 fully saturated rings. The van der Waals surface area contributed by atoms with Gasteiger partial charge in [-0.15, -0.1) is 0 Å². The topological polar surface area (TPSA) is 102 Å². The molecular weight excluding hydrogens is 362 g/mol. The number of rotatable bonds is 8. The summed E-state index contributed by atoms with van der Waals surface area (Å²) in [6.07, 6.45) is 0. The van der Waals surface area contributed by atoms with Crippen molar-refractivity contribution < 1.29 is 19.2 Å². The van der Waals surface area contributed by atoms with Crippen LogP contribution < -0.4 is 10.6 Å². The first kappa shape index (κ1) is 21.4. The molecule has 0 aromatic heterocycles. The van der Waals surface area contributed by atoms with Gasteiger partial charge in [-0.3, -0.25) is 19.2 Å². The van der Waals surface area contributed by atoms with Gasteiger partial charge in [0.1, 0.15) is 6.54 Å². The van der Waals surface area contributed by atoms with Gasteiger partial charge in [-0.05, 0) is 38.7 Å². The lowest BCUT2D eigenvalue weighted by molar-refractivity contribution is -0.156. The van der Waals surface area contributed by atoms with Gasteiger partial charge in [-0.25, -0.2) is 0 Å². The van der Waals surface area contributed by atoms with E-state index in [1.165, 1.54) is 9.80 Å². The van der Waals surface area contributed by atoms with Crippen molar-refractivity contribution in [2.24, 2.45) is 0 Å². The molecule has 1 heterocycles. The number of carbonyl (C=O) groups excluding carboxylic acids is 4. The van der Waals surface area contributed by atoms with Crippen LogP contribution in [0.3, 0.4) is 0 Å². The van der Waals surface area contributed by atoms with Gasteiger partial charge in [0.15, 0.2) is 0 Å². The average Bonchev–Trinajstić information content (AvgIpc) is 2.63. The van der Waals surface area contributed by atoms with Crippen LogP contribution in [0.4, 0.5) is 5.69 Å². The fourth-order valence-electron chi connectivity index (χ4n) is 2.84. The molecule has 0 saturated carbocycles. The maximum absolute atomic E-state index is 12.2. The summed E-state index contributed by atoms with van der Waals surface area (Å²) >= 11 is 0. The van der Waals surface area contributed by atoms with Crippen LogP contribution in [-0.4, -0.2) is 85.1 Å². The largest absolute Gasteiger partial charge is 0.350 e. The molecule has 0 radical (unpaired) electrons. The van der Waals surface area contributed by atoms with Crippen LogP contribution in [-0.2, 0) is 25.7 Å². The van der Waals surface area contributed by atoms with Crippen molar-refractivity contribution in [3.8, 4) is 0 Å². The third kappa shape index (κ3) is 6.05. The molecule has 1 saturated heterocycles. The van der Waals surface area contributed by atoms with Gasteiger partial charge in [0.25, 0.3) is 0 Å². The Morgan fingerprint density at radius 3 is 2.43 bits per heavy atom. The minimum absolute atomic E-state index is 0.124. The van der Waals surface area contributed by atoms with E-state index < -0.39 is 11.8 Å². The Hall–Kier alpha value is -2.94. The van der Waals surface area contributed by atoms with E-state index in [2.05, 4.69) is 10.6 Å². The summed E-state index contributed by atoms with van der Waals surface area (Å²) in [5.41, 5.74) is 1.46. The van der Waals surface area contributed by atoms with E-state index in [4.69, 9.17) is 0 Å². The zero-order valence-electron chi connectivity index (χ0n) is 16.5. The Kier molecular flexibility index (Phi) is 7.51. The maximum atomic E-state index is 12.2. The first-order valence-corrected chi connectivity index (χ1v) is 9.18. The molecule has 152 valence electrons. The minimum atomic E-state index is -0.645. The Morgan fingerprint density at radius 2 is 1.75 bits per heavy atom. The second-order valence-corrected chi connectivity index (χ2v) is 6.87. The number of hydrogen-bond donors (Lipinski definition) is 2. The van der Waals surface area contributed by atoms with Crippen LogP contribution in [0.5, 0.6) is 0 Å². The smallest absolute Gasteiger partial charge is 0.312 e. The molecule has 9 nitrogen and oxygen atoms in total. The van der Waals surface area contributed by atoms with E-state index in [1.807, 2.05) is 27.1 Å². The molecule has 0 aliphatic carbocycles. The quantitative estimate of drug-likeness (QED) is 0.584. The zero-order chi connectivity index (χ0) is 20.7. The lowest BCUT2D eigenvalue weighted by Gasteiger charge is -2.32. The standard InChI is InChI=1S/C19H27N5O4/c1-4-23-8-9-24(19(28)18(23)27)13-16(25)20-11-14-6-5-7-15(10-14)21-17(26)12-22(2)3/h5-7,10H,4,8-9,11-13H2,1-3H3,(H,20,25)(H,21,26). The molecule has 0 unspecified atom stereocenters. The summed E-state index contributed by atoms with van der Waals surface area (Å²) in [6.45, 7) is 3.45. The fraction of sp³-hybridized carbons (Fsp3) is 0.474. The van der Waals surface area contributed by atoms with Crippen LogP contribution in [0.1, 0.15) is 12.5 Å². The van der Waals surface area contributed by atoms with Gasteiger partial charge >= 0.3 is 11.8 Å². The molecule has 1 aliphatic rings. The van der Waals surface area contributed by atoms with Crippen LogP contribution in [0, 0.1) is 0 Å². The van der Waals surface area contributed by atoms with Gasteiger partial charge in [-0.2, -0.15) is 0 Å². The number of anilines is 1. The van der Waals surface area contributed by atoms with Crippen molar-refractivity contribution in [3.63, 3.8) is 0 Å². The van der Waals surface area contributed by atoms with E-state index in [-0.39, 0.29) is 31.4 Å². The summed E-state index contributed by atoms with van der Waals surface area (Å²) in [5, 5.41) is 5.54. The van der Waals surface area contributed by atoms with Gasteiger partial charge in [0.05, 0.1) is 6.54 Å². The Balaban J connectivity index is 1.84. The molecule has 28 heavy (non-hydrogen) atoms. The summed E-state index contributed by atoms with van der Waals surface area (Å²) < 4.78 is 0. The van der Waals surface area contributed by atoms with E-state index in [0.717, 1.165) is 5.56 Å². The maximum Gasteiger partial charge on any atom is 0.312 e. The van der Waals surface area contributed by atoms with Crippen molar-refractivity contribution in [3.05, 3.63) is 29.8 Å². The van der Waals surface area contributed by atoms with Gasteiger partial charge in [-0.1, -0.05) is 12.1 Å². The molecule has 1 aromatic rings. The lowest BCUT2D eigenvalue weighted by atomic mass is 10.2. The van der Waals surface area contributed by atoms with Crippen molar-refractivity contribution in [2.45, 2.75) is 13.5 Å². The van der Waals surface area contributed by atoms with Crippen molar-refractivity contribution in [1.29, 1.82) is 0 Å². The minimum Gasteiger partial charge on any atom is -0.350 e. The molecule has 2 N–H and O–H groups in total. The molecule has 4 amide bonds. The van der Waals surface area contributed by atoms with E-state index in [0.29, 0.717) is 25.3 Å². The molecule has 0 atom stereocenters. The second-order valence-electron chi connectivity index (χ2n) is 6.87.